The SMILES string of the molecule is Cc1ccc(OCc2cc(F)ccc2[N+](=O)[O-])c(CBr)n1. The molecule has 0 atom stereocenters. The molecule has 0 aliphatic carbocycles. The first-order valence-corrected chi connectivity index (χ1v) is 7.21. The van der Waals surface area contributed by atoms with Crippen LogP contribution in [0.4, 0.5) is 10.1 Å². The van der Waals surface area contributed by atoms with E-state index >= 15 is 0 Å². The predicted octanol–water partition coefficient (Wildman–Crippen LogP) is 3.91. The maximum absolute atomic E-state index is 13.2. The van der Waals surface area contributed by atoms with Gasteiger partial charge in [-0.25, -0.2) is 4.39 Å². The molecule has 5 nitrogen and oxygen atoms in total. The van der Waals surface area contributed by atoms with E-state index in [4.69, 9.17) is 4.74 Å². The lowest BCUT2D eigenvalue weighted by Crippen LogP contribution is -2.03. The molecule has 0 saturated carbocycles. The van der Waals surface area contributed by atoms with Crippen molar-refractivity contribution in [2.24, 2.45) is 0 Å². The van der Waals surface area contributed by atoms with Crippen LogP contribution in [-0.4, -0.2) is 9.91 Å². The van der Waals surface area contributed by atoms with Gasteiger partial charge in [0, 0.05) is 17.1 Å². The summed E-state index contributed by atoms with van der Waals surface area (Å²) in [5.41, 5.74) is 1.54. The van der Waals surface area contributed by atoms with Crippen LogP contribution in [0, 0.1) is 22.9 Å². The molecule has 1 aromatic heterocycles. The number of nitro benzene ring substituents is 1. The number of aromatic nitrogens is 1. The molecule has 2 aromatic rings. The molecule has 0 amide bonds. The first-order chi connectivity index (χ1) is 10.0. The summed E-state index contributed by atoms with van der Waals surface area (Å²) in [5.74, 6) is -0.0296. The number of pyridine rings is 1. The Morgan fingerprint density at radius 3 is 2.81 bits per heavy atom. The van der Waals surface area contributed by atoms with Crippen molar-refractivity contribution in [2.75, 3.05) is 0 Å². The normalized spacial score (nSPS) is 10.4. The molecule has 0 unspecified atom stereocenters. The van der Waals surface area contributed by atoms with Crippen LogP contribution in [0.25, 0.3) is 0 Å². The molecule has 0 fully saturated rings. The van der Waals surface area contributed by atoms with E-state index in [1.165, 1.54) is 0 Å². The van der Waals surface area contributed by atoms with Crippen molar-refractivity contribution in [1.82, 2.24) is 4.98 Å². The van der Waals surface area contributed by atoms with Crippen LogP contribution in [0.5, 0.6) is 5.75 Å². The Bertz CT molecular complexity index is 679. The van der Waals surface area contributed by atoms with Crippen LogP contribution >= 0.6 is 15.9 Å². The van der Waals surface area contributed by atoms with Gasteiger partial charge in [-0.3, -0.25) is 15.1 Å². The zero-order valence-electron chi connectivity index (χ0n) is 11.2. The van der Waals surface area contributed by atoms with E-state index in [0.717, 1.165) is 23.9 Å². The molecule has 0 aliphatic rings. The monoisotopic (exact) mass is 354 g/mol. The second kappa shape index (κ2) is 6.62. The molecule has 1 heterocycles. The van der Waals surface area contributed by atoms with Crippen LogP contribution in [0.2, 0.25) is 0 Å². The minimum absolute atomic E-state index is 0.0984. The molecule has 0 radical (unpaired) electrons. The Balaban J connectivity index is 2.24. The van der Waals surface area contributed by atoms with Gasteiger partial charge in [0.05, 0.1) is 16.2 Å². The standard InChI is InChI=1S/C14H12BrFN2O3/c1-9-2-5-14(12(7-15)17-9)21-8-10-6-11(16)3-4-13(10)18(19)20/h2-6H,7-8H2,1H3. The molecular formula is C14H12BrFN2O3. The maximum Gasteiger partial charge on any atom is 0.276 e. The smallest absolute Gasteiger partial charge is 0.276 e. The van der Waals surface area contributed by atoms with Crippen LogP contribution in [0.3, 0.4) is 0 Å². The van der Waals surface area contributed by atoms with Gasteiger partial charge in [-0.2, -0.15) is 0 Å². The molecule has 0 spiro atoms. The summed E-state index contributed by atoms with van der Waals surface area (Å²) in [6.45, 7) is 1.76. The lowest BCUT2D eigenvalue weighted by Gasteiger charge is -2.10. The summed E-state index contributed by atoms with van der Waals surface area (Å²) in [6.07, 6.45) is 0. The Morgan fingerprint density at radius 2 is 2.14 bits per heavy atom. The average Bonchev–Trinajstić information content (AvgIpc) is 2.45. The quantitative estimate of drug-likeness (QED) is 0.463. The third-order valence-electron chi connectivity index (χ3n) is 2.82. The van der Waals surface area contributed by atoms with E-state index in [1.54, 1.807) is 12.1 Å². The van der Waals surface area contributed by atoms with Crippen molar-refractivity contribution in [1.29, 1.82) is 0 Å². The van der Waals surface area contributed by atoms with E-state index in [0.29, 0.717) is 16.8 Å². The Kier molecular flexibility index (Phi) is 4.85. The fraction of sp³-hybridized carbons (Fsp3) is 0.214. The highest BCUT2D eigenvalue weighted by molar-refractivity contribution is 9.08. The number of aryl methyl sites for hydroxylation is 1. The van der Waals surface area contributed by atoms with E-state index in [2.05, 4.69) is 20.9 Å². The second-order valence-corrected chi connectivity index (χ2v) is 4.91. The highest BCUT2D eigenvalue weighted by Crippen LogP contribution is 2.24. The van der Waals surface area contributed by atoms with Crippen molar-refractivity contribution < 1.29 is 14.1 Å². The number of ether oxygens (including phenoxy) is 1. The third kappa shape index (κ3) is 3.75. The topological polar surface area (TPSA) is 65.3 Å². The number of hydrogen-bond donors (Lipinski definition) is 0. The van der Waals surface area contributed by atoms with E-state index < -0.39 is 10.7 Å². The van der Waals surface area contributed by atoms with Crippen molar-refractivity contribution >= 4 is 21.6 Å². The van der Waals surface area contributed by atoms with Gasteiger partial charge in [-0.05, 0) is 31.2 Å². The molecule has 7 heteroatoms. The average molecular weight is 355 g/mol. The summed E-state index contributed by atoms with van der Waals surface area (Å²) >= 11 is 3.31. The summed E-state index contributed by atoms with van der Waals surface area (Å²) < 4.78 is 18.8. The largest absolute Gasteiger partial charge is 0.487 e. The Labute approximate surface area is 129 Å². The molecule has 0 saturated heterocycles. The van der Waals surface area contributed by atoms with Crippen molar-refractivity contribution in [2.45, 2.75) is 18.9 Å². The number of hydrogen-bond acceptors (Lipinski definition) is 4. The lowest BCUT2D eigenvalue weighted by molar-refractivity contribution is -0.385. The highest BCUT2D eigenvalue weighted by atomic mass is 79.9. The van der Waals surface area contributed by atoms with Gasteiger partial charge in [0.1, 0.15) is 18.2 Å². The molecule has 21 heavy (non-hydrogen) atoms. The summed E-state index contributed by atoms with van der Waals surface area (Å²) in [7, 11) is 0. The molecular weight excluding hydrogens is 343 g/mol. The number of halogens is 2. The Hall–Kier alpha value is -2.02. The van der Waals surface area contributed by atoms with Gasteiger partial charge in [-0.15, -0.1) is 0 Å². The fourth-order valence-corrected chi connectivity index (χ4v) is 2.23. The second-order valence-electron chi connectivity index (χ2n) is 4.35. The van der Waals surface area contributed by atoms with Crippen LogP contribution < -0.4 is 4.74 Å². The molecule has 1 aromatic carbocycles. The number of benzene rings is 1. The Morgan fingerprint density at radius 1 is 1.38 bits per heavy atom. The van der Waals surface area contributed by atoms with Gasteiger partial charge in [0.15, 0.2) is 0 Å². The maximum atomic E-state index is 13.2. The minimum atomic E-state index is -0.559. The molecule has 0 bridgehead atoms. The molecule has 2 rings (SSSR count). The summed E-state index contributed by atoms with van der Waals surface area (Å²) in [4.78, 5) is 14.7. The zero-order valence-corrected chi connectivity index (χ0v) is 12.8. The van der Waals surface area contributed by atoms with Crippen molar-refractivity contribution in [3.8, 4) is 5.75 Å². The van der Waals surface area contributed by atoms with Gasteiger partial charge >= 0.3 is 0 Å². The highest BCUT2D eigenvalue weighted by Gasteiger charge is 2.15. The number of alkyl halides is 1. The summed E-state index contributed by atoms with van der Waals surface area (Å²) in [5, 5.41) is 11.4. The number of rotatable bonds is 5. The van der Waals surface area contributed by atoms with E-state index in [9.17, 15) is 14.5 Å². The van der Waals surface area contributed by atoms with Crippen LogP contribution in [-0.2, 0) is 11.9 Å². The first-order valence-electron chi connectivity index (χ1n) is 6.09. The molecule has 110 valence electrons. The number of nitrogens with zero attached hydrogens (tertiary/aromatic N) is 2. The lowest BCUT2D eigenvalue weighted by atomic mass is 10.2. The third-order valence-corrected chi connectivity index (χ3v) is 3.35. The van der Waals surface area contributed by atoms with Gasteiger partial charge < -0.3 is 4.74 Å². The van der Waals surface area contributed by atoms with E-state index in [1.807, 2.05) is 6.92 Å². The predicted molar refractivity (Wildman–Crippen MR) is 79.0 cm³/mol. The fourth-order valence-electron chi connectivity index (χ4n) is 1.83. The van der Waals surface area contributed by atoms with Crippen LogP contribution in [0.1, 0.15) is 17.0 Å². The van der Waals surface area contributed by atoms with Crippen LogP contribution in [0.15, 0.2) is 30.3 Å². The number of nitro groups is 1. The molecule has 0 aliphatic heterocycles. The van der Waals surface area contributed by atoms with E-state index in [-0.39, 0.29) is 17.9 Å². The molecule has 0 N–H and O–H groups in total. The van der Waals surface area contributed by atoms with Crippen molar-refractivity contribution in [3.63, 3.8) is 0 Å². The minimum Gasteiger partial charge on any atom is -0.487 e. The van der Waals surface area contributed by atoms with Gasteiger partial charge in [-0.1, -0.05) is 15.9 Å². The summed E-state index contributed by atoms with van der Waals surface area (Å²) in [6, 6.07) is 6.81. The van der Waals surface area contributed by atoms with Crippen molar-refractivity contribution in [3.05, 3.63) is 63.2 Å². The first kappa shape index (κ1) is 15.4. The van der Waals surface area contributed by atoms with Gasteiger partial charge in [0.25, 0.3) is 5.69 Å². The van der Waals surface area contributed by atoms with Gasteiger partial charge in [0.2, 0.25) is 0 Å². The zero-order chi connectivity index (χ0) is 15.4.